The lowest BCUT2D eigenvalue weighted by Gasteiger charge is -2.31. The summed E-state index contributed by atoms with van der Waals surface area (Å²) in [5.41, 5.74) is -0.426. The van der Waals surface area contributed by atoms with E-state index in [1.807, 2.05) is 0 Å². The molecule has 0 spiro atoms. The van der Waals surface area contributed by atoms with Crippen molar-refractivity contribution >= 4 is 21.8 Å². The van der Waals surface area contributed by atoms with Crippen LogP contribution in [0.25, 0.3) is 0 Å². The van der Waals surface area contributed by atoms with Crippen LogP contribution in [0, 0.1) is 17.1 Å². The van der Waals surface area contributed by atoms with Gasteiger partial charge in [-0.15, -0.1) is 0 Å². The molecule has 1 saturated carbocycles. The summed E-state index contributed by atoms with van der Waals surface area (Å²) < 4.78 is 13.4. The van der Waals surface area contributed by atoms with Gasteiger partial charge in [0.1, 0.15) is 11.4 Å². The summed E-state index contributed by atoms with van der Waals surface area (Å²) in [6, 6.07) is 6.13. The molecule has 1 aromatic carbocycles. The molecule has 3 nitrogen and oxygen atoms in total. The topological polar surface area (TPSA) is 52.9 Å². The van der Waals surface area contributed by atoms with E-state index >= 15 is 0 Å². The van der Waals surface area contributed by atoms with E-state index in [0.29, 0.717) is 22.9 Å². The van der Waals surface area contributed by atoms with Crippen LogP contribution in [-0.2, 0) is 0 Å². The Labute approximate surface area is 119 Å². The Morgan fingerprint density at radius 2 is 2.05 bits per heavy atom. The number of halogens is 2. The van der Waals surface area contributed by atoms with E-state index in [1.54, 1.807) is 0 Å². The molecule has 1 aliphatic carbocycles. The van der Waals surface area contributed by atoms with E-state index in [9.17, 15) is 14.4 Å². The summed E-state index contributed by atoms with van der Waals surface area (Å²) in [6.07, 6.45) is 4.33. The Morgan fingerprint density at radius 1 is 1.37 bits per heavy atom. The molecule has 0 aromatic heterocycles. The van der Waals surface area contributed by atoms with Crippen LogP contribution in [-0.4, -0.2) is 11.4 Å². The van der Waals surface area contributed by atoms with Crippen molar-refractivity contribution in [3.05, 3.63) is 34.1 Å². The van der Waals surface area contributed by atoms with Crippen molar-refractivity contribution in [2.75, 3.05) is 0 Å². The number of nitriles is 1. The average molecular weight is 325 g/mol. The molecular weight excluding hydrogens is 311 g/mol. The van der Waals surface area contributed by atoms with Gasteiger partial charge in [-0.25, -0.2) is 4.39 Å². The Hall–Kier alpha value is -1.41. The molecular formula is C14H14BrFN2O. The van der Waals surface area contributed by atoms with E-state index in [4.69, 9.17) is 0 Å². The molecule has 0 saturated heterocycles. The Bertz CT molecular complexity index is 533. The van der Waals surface area contributed by atoms with Gasteiger partial charge in [-0.2, -0.15) is 5.26 Å². The van der Waals surface area contributed by atoms with Gasteiger partial charge in [-0.05, 0) is 47.0 Å². The fraction of sp³-hybridized carbons (Fsp3) is 0.429. The second kappa shape index (κ2) is 5.70. The Kier molecular flexibility index (Phi) is 4.20. The van der Waals surface area contributed by atoms with Crippen molar-refractivity contribution in [1.82, 2.24) is 5.32 Å². The molecule has 0 aliphatic heterocycles. The van der Waals surface area contributed by atoms with Gasteiger partial charge in [0.05, 0.1) is 11.6 Å². The van der Waals surface area contributed by atoms with Gasteiger partial charge in [-0.3, -0.25) is 4.79 Å². The quantitative estimate of drug-likeness (QED) is 0.904. The third kappa shape index (κ3) is 3.13. The number of nitrogens with one attached hydrogen (secondary N) is 1. The molecule has 0 bridgehead atoms. The second-order valence-electron chi connectivity index (χ2n) is 4.83. The van der Waals surface area contributed by atoms with E-state index in [0.717, 1.165) is 19.3 Å². The molecule has 5 heteroatoms. The molecule has 0 atom stereocenters. The van der Waals surface area contributed by atoms with Crippen LogP contribution in [0.5, 0.6) is 0 Å². The van der Waals surface area contributed by atoms with Crippen molar-refractivity contribution in [3.63, 3.8) is 0 Å². The molecule has 0 unspecified atom stereocenters. The molecule has 1 aliphatic rings. The first-order valence-corrected chi connectivity index (χ1v) is 7.04. The highest BCUT2D eigenvalue weighted by Crippen LogP contribution is 2.28. The van der Waals surface area contributed by atoms with Gasteiger partial charge in [0.25, 0.3) is 5.91 Å². The first-order chi connectivity index (χ1) is 9.06. The number of hydrogen-bond donors (Lipinski definition) is 1. The Morgan fingerprint density at radius 3 is 2.63 bits per heavy atom. The number of benzene rings is 1. The van der Waals surface area contributed by atoms with Gasteiger partial charge in [-0.1, -0.05) is 19.3 Å². The van der Waals surface area contributed by atoms with Gasteiger partial charge < -0.3 is 5.32 Å². The first-order valence-electron chi connectivity index (χ1n) is 6.25. The van der Waals surface area contributed by atoms with Crippen molar-refractivity contribution in [1.29, 1.82) is 5.26 Å². The van der Waals surface area contributed by atoms with E-state index in [-0.39, 0.29) is 5.91 Å². The number of amides is 1. The van der Waals surface area contributed by atoms with Gasteiger partial charge in [0.2, 0.25) is 0 Å². The van der Waals surface area contributed by atoms with Gasteiger partial charge in [0.15, 0.2) is 0 Å². The maximum absolute atomic E-state index is 13.0. The minimum absolute atomic E-state index is 0.338. The molecule has 0 heterocycles. The SMILES string of the molecule is N#CC1(NC(=O)c2ccc(F)cc2Br)CCCCC1. The average Bonchev–Trinajstić information content (AvgIpc) is 2.39. The molecule has 19 heavy (non-hydrogen) atoms. The molecule has 1 aromatic rings. The molecule has 1 amide bonds. The van der Waals surface area contributed by atoms with Crippen molar-refractivity contribution in [3.8, 4) is 6.07 Å². The lowest BCUT2D eigenvalue weighted by molar-refractivity contribution is 0.0902. The zero-order valence-electron chi connectivity index (χ0n) is 10.4. The lowest BCUT2D eigenvalue weighted by Crippen LogP contribution is -2.48. The largest absolute Gasteiger partial charge is 0.334 e. The minimum Gasteiger partial charge on any atom is -0.334 e. The van der Waals surface area contributed by atoms with E-state index < -0.39 is 11.4 Å². The normalized spacial score (nSPS) is 17.5. The van der Waals surface area contributed by atoms with Gasteiger partial charge >= 0.3 is 0 Å². The predicted octanol–water partition coefficient (Wildman–Crippen LogP) is 3.54. The van der Waals surface area contributed by atoms with Crippen LogP contribution in [0.2, 0.25) is 0 Å². The summed E-state index contributed by atoms with van der Waals surface area (Å²) in [5.74, 6) is -0.744. The monoisotopic (exact) mass is 324 g/mol. The molecule has 100 valence electrons. The molecule has 1 N–H and O–H groups in total. The van der Waals surface area contributed by atoms with Gasteiger partial charge in [0, 0.05) is 4.47 Å². The first kappa shape index (κ1) is 14.0. The highest BCUT2D eigenvalue weighted by molar-refractivity contribution is 9.10. The van der Waals surface area contributed by atoms with Crippen LogP contribution in [0.4, 0.5) is 4.39 Å². The number of carbonyl (C=O) groups is 1. The van der Waals surface area contributed by atoms with Crippen molar-refractivity contribution in [2.45, 2.75) is 37.6 Å². The third-order valence-corrected chi connectivity index (χ3v) is 4.11. The summed E-state index contributed by atoms with van der Waals surface area (Å²) in [4.78, 5) is 12.2. The molecule has 2 rings (SSSR count). The fourth-order valence-electron chi connectivity index (χ4n) is 2.38. The maximum atomic E-state index is 13.0. The fourth-order valence-corrected chi connectivity index (χ4v) is 2.91. The molecule has 0 radical (unpaired) electrons. The standard InChI is InChI=1S/C14H14BrFN2O/c15-12-8-10(16)4-5-11(12)13(19)18-14(9-17)6-2-1-3-7-14/h4-5,8H,1-3,6-7H2,(H,18,19). The summed E-state index contributed by atoms with van der Waals surface area (Å²) in [6.45, 7) is 0. The van der Waals surface area contributed by atoms with Crippen LogP contribution >= 0.6 is 15.9 Å². The summed E-state index contributed by atoms with van der Waals surface area (Å²) in [5, 5.41) is 12.1. The highest BCUT2D eigenvalue weighted by Gasteiger charge is 2.34. The number of carbonyl (C=O) groups excluding carboxylic acids is 1. The number of hydrogen-bond acceptors (Lipinski definition) is 2. The predicted molar refractivity (Wildman–Crippen MR) is 73.0 cm³/mol. The van der Waals surface area contributed by atoms with Crippen molar-refractivity contribution < 1.29 is 9.18 Å². The summed E-state index contributed by atoms with van der Waals surface area (Å²) in [7, 11) is 0. The smallest absolute Gasteiger partial charge is 0.253 e. The lowest BCUT2D eigenvalue weighted by atomic mass is 9.82. The minimum atomic E-state index is -0.775. The van der Waals surface area contributed by atoms with Crippen molar-refractivity contribution in [2.24, 2.45) is 0 Å². The highest BCUT2D eigenvalue weighted by atomic mass is 79.9. The summed E-state index contributed by atoms with van der Waals surface area (Å²) >= 11 is 3.17. The third-order valence-electron chi connectivity index (χ3n) is 3.45. The van der Waals surface area contributed by atoms with Crippen LogP contribution < -0.4 is 5.32 Å². The number of nitrogens with zero attached hydrogens (tertiary/aromatic N) is 1. The maximum Gasteiger partial charge on any atom is 0.253 e. The van der Waals surface area contributed by atoms with Crippen LogP contribution in [0.1, 0.15) is 42.5 Å². The second-order valence-corrected chi connectivity index (χ2v) is 5.69. The van der Waals surface area contributed by atoms with Crippen LogP contribution in [0.3, 0.4) is 0 Å². The zero-order valence-corrected chi connectivity index (χ0v) is 12.0. The zero-order chi connectivity index (χ0) is 13.9. The van der Waals surface area contributed by atoms with Crippen LogP contribution in [0.15, 0.2) is 22.7 Å². The Balaban J connectivity index is 2.18. The number of rotatable bonds is 2. The van der Waals surface area contributed by atoms with E-state index in [1.165, 1.54) is 18.2 Å². The van der Waals surface area contributed by atoms with E-state index in [2.05, 4.69) is 27.3 Å². The molecule has 1 fully saturated rings.